The molecule has 17 heavy (non-hydrogen) atoms. The molecule has 1 unspecified atom stereocenters. The Balaban J connectivity index is 2.48. The zero-order chi connectivity index (χ0) is 12.9. The van der Waals surface area contributed by atoms with Crippen LogP contribution < -0.4 is 5.32 Å². The lowest BCUT2D eigenvalue weighted by molar-refractivity contribution is 0.260. The summed E-state index contributed by atoms with van der Waals surface area (Å²) in [4.78, 5) is 0. The van der Waals surface area contributed by atoms with Gasteiger partial charge in [0.1, 0.15) is 0 Å². The van der Waals surface area contributed by atoms with Crippen molar-refractivity contribution < 1.29 is 0 Å². The molecule has 0 aliphatic heterocycles. The van der Waals surface area contributed by atoms with E-state index in [1.54, 1.807) is 0 Å². The van der Waals surface area contributed by atoms with Crippen molar-refractivity contribution in [3.05, 3.63) is 18.0 Å². The summed E-state index contributed by atoms with van der Waals surface area (Å²) in [5.41, 5.74) is 1.71. The van der Waals surface area contributed by atoms with Gasteiger partial charge in [-0.2, -0.15) is 5.10 Å². The number of hydrogen-bond acceptors (Lipinski definition) is 2. The van der Waals surface area contributed by atoms with Crippen LogP contribution in [0, 0.1) is 5.41 Å². The van der Waals surface area contributed by atoms with E-state index in [9.17, 15) is 0 Å². The minimum atomic E-state index is 0.383. The van der Waals surface area contributed by atoms with Gasteiger partial charge >= 0.3 is 0 Å². The summed E-state index contributed by atoms with van der Waals surface area (Å²) in [7, 11) is 2.02. The first-order chi connectivity index (χ1) is 7.97. The monoisotopic (exact) mass is 237 g/mol. The first-order valence-corrected chi connectivity index (χ1v) is 6.67. The van der Waals surface area contributed by atoms with Crippen LogP contribution in [0.2, 0.25) is 0 Å². The van der Waals surface area contributed by atoms with Gasteiger partial charge < -0.3 is 5.32 Å². The van der Waals surface area contributed by atoms with Crippen LogP contribution >= 0.6 is 0 Å². The van der Waals surface area contributed by atoms with Crippen LogP contribution in [0.25, 0.3) is 0 Å². The van der Waals surface area contributed by atoms with Gasteiger partial charge in [0.25, 0.3) is 0 Å². The third-order valence-electron chi connectivity index (χ3n) is 3.70. The molecular formula is C14H27N3. The molecule has 1 atom stereocenters. The summed E-state index contributed by atoms with van der Waals surface area (Å²) < 4.78 is 1.98. The number of nitrogens with zero attached hydrogens (tertiary/aromatic N) is 2. The molecule has 1 N–H and O–H groups in total. The van der Waals surface area contributed by atoms with E-state index < -0.39 is 0 Å². The third-order valence-corrected chi connectivity index (χ3v) is 3.70. The predicted molar refractivity (Wildman–Crippen MR) is 73.1 cm³/mol. The summed E-state index contributed by atoms with van der Waals surface area (Å²) in [5, 5.41) is 7.78. The van der Waals surface area contributed by atoms with Gasteiger partial charge in [-0.05, 0) is 30.7 Å². The fourth-order valence-electron chi connectivity index (χ4n) is 1.92. The summed E-state index contributed by atoms with van der Waals surface area (Å²) in [6.07, 6.45) is 5.42. The maximum atomic E-state index is 4.22. The van der Waals surface area contributed by atoms with E-state index in [1.165, 1.54) is 18.5 Å². The van der Waals surface area contributed by atoms with Gasteiger partial charge in [0.2, 0.25) is 0 Å². The summed E-state index contributed by atoms with van der Waals surface area (Å²) in [5.74, 6) is 0. The fourth-order valence-corrected chi connectivity index (χ4v) is 1.92. The zero-order valence-corrected chi connectivity index (χ0v) is 12.0. The van der Waals surface area contributed by atoms with Crippen molar-refractivity contribution in [3.63, 3.8) is 0 Å². The van der Waals surface area contributed by atoms with Crippen molar-refractivity contribution in [2.24, 2.45) is 12.5 Å². The van der Waals surface area contributed by atoms with Crippen LogP contribution in [-0.4, -0.2) is 22.4 Å². The zero-order valence-electron chi connectivity index (χ0n) is 12.0. The van der Waals surface area contributed by atoms with E-state index in [4.69, 9.17) is 0 Å². The first-order valence-electron chi connectivity index (χ1n) is 6.67. The van der Waals surface area contributed by atoms with E-state index in [0.717, 1.165) is 13.0 Å². The molecule has 0 aromatic carbocycles. The second kappa shape index (κ2) is 6.20. The van der Waals surface area contributed by atoms with Crippen LogP contribution in [-0.2, 0) is 13.5 Å². The molecule has 1 heterocycles. The molecule has 0 radical (unpaired) electrons. The second-order valence-corrected chi connectivity index (χ2v) is 5.65. The Labute approximate surface area is 106 Å². The maximum Gasteiger partial charge on any atom is 0.0492 e. The average molecular weight is 237 g/mol. The number of aromatic nitrogens is 2. The van der Waals surface area contributed by atoms with Crippen LogP contribution in [0.1, 0.15) is 46.2 Å². The molecule has 1 aromatic rings. The van der Waals surface area contributed by atoms with Crippen molar-refractivity contribution >= 4 is 0 Å². The Morgan fingerprint density at radius 3 is 2.65 bits per heavy atom. The van der Waals surface area contributed by atoms with Crippen molar-refractivity contribution in [1.82, 2.24) is 15.1 Å². The fraction of sp³-hybridized carbons (Fsp3) is 0.786. The SMILES string of the molecule is CCC(C)(CCc1ccnn1C)CNC(C)C. The van der Waals surface area contributed by atoms with Crippen molar-refractivity contribution in [1.29, 1.82) is 0 Å². The van der Waals surface area contributed by atoms with Crippen LogP contribution in [0.4, 0.5) is 0 Å². The average Bonchev–Trinajstić information content (AvgIpc) is 2.70. The lowest BCUT2D eigenvalue weighted by Crippen LogP contribution is -2.35. The quantitative estimate of drug-likeness (QED) is 0.790. The molecule has 0 aliphatic carbocycles. The van der Waals surface area contributed by atoms with Gasteiger partial charge in [0, 0.05) is 31.5 Å². The lowest BCUT2D eigenvalue weighted by Gasteiger charge is -2.29. The minimum Gasteiger partial charge on any atom is -0.314 e. The van der Waals surface area contributed by atoms with Crippen LogP contribution in [0.3, 0.4) is 0 Å². The Hall–Kier alpha value is -0.830. The smallest absolute Gasteiger partial charge is 0.0492 e. The van der Waals surface area contributed by atoms with E-state index in [-0.39, 0.29) is 0 Å². The van der Waals surface area contributed by atoms with Gasteiger partial charge in [-0.3, -0.25) is 4.68 Å². The third kappa shape index (κ3) is 4.50. The van der Waals surface area contributed by atoms with E-state index >= 15 is 0 Å². The Morgan fingerprint density at radius 2 is 2.18 bits per heavy atom. The van der Waals surface area contributed by atoms with Crippen molar-refractivity contribution in [2.75, 3.05) is 6.54 Å². The van der Waals surface area contributed by atoms with E-state index in [2.05, 4.69) is 44.2 Å². The number of nitrogens with one attached hydrogen (secondary N) is 1. The first kappa shape index (κ1) is 14.2. The predicted octanol–water partition coefficient (Wildman–Crippen LogP) is 2.77. The highest BCUT2D eigenvalue weighted by Crippen LogP contribution is 2.26. The van der Waals surface area contributed by atoms with Gasteiger partial charge in [0.15, 0.2) is 0 Å². The van der Waals surface area contributed by atoms with E-state index in [1.807, 2.05) is 17.9 Å². The maximum absolute atomic E-state index is 4.22. The molecule has 0 amide bonds. The van der Waals surface area contributed by atoms with Gasteiger partial charge in [-0.25, -0.2) is 0 Å². The van der Waals surface area contributed by atoms with Gasteiger partial charge in [0.05, 0.1) is 0 Å². The van der Waals surface area contributed by atoms with Gasteiger partial charge in [-0.15, -0.1) is 0 Å². The molecule has 98 valence electrons. The molecule has 0 spiro atoms. The van der Waals surface area contributed by atoms with Crippen LogP contribution in [0.5, 0.6) is 0 Å². The number of rotatable bonds is 7. The Morgan fingerprint density at radius 1 is 1.47 bits per heavy atom. The molecule has 1 rings (SSSR count). The molecule has 3 nitrogen and oxygen atoms in total. The molecule has 0 bridgehead atoms. The standard InChI is InChI=1S/C14H27N3/c1-6-14(4,11-15-12(2)3)9-7-13-8-10-16-17(13)5/h8,10,12,15H,6-7,9,11H2,1-5H3. The lowest BCUT2D eigenvalue weighted by atomic mass is 9.82. The second-order valence-electron chi connectivity index (χ2n) is 5.65. The molecule has 0 aliphatic rings. The number of hydrogen-bond donors (Lipinski definition) is 1. The van der Waals surface area contributed by atoms with Crippen molar-refractivity contribution in [3.8, 4) is 0 Å². The summed E-state index contributed by atoms with van der Waals surface area (Å²) >= 11 is 0. The molecule has 3 heteroatoms. The highest BCUT2D eigenvalue weighted by molar-refractivity contribution is 5.00. The number of aryl methyl sites for hydroxylation is 2. The normalized spacial score (nSPS) is 15.2. The van der Waals surface area contributed by atoms with E-state index in [0.29, 0.717) is 11.5 Å². The highest BCUT2D eigenvalue weighted by Gasteiger charge is 2.22. The minimum absolute atomic E-state index is 0.383. The summed E-state index contributed by atoms with van der Waals surface area (Å²) in [6, 6.07) is 2.68. The molecular weight excluding hydrogens is 210 g/mol. The van der Waals surface area contributed by atoms with Crippen molar-refractivity contribution in [2.45, 2.75) is 53.0 Å². The molecule has 1 aromatic heterocycles. The Bertz CT molecular complexity index is 330. The summed E-state index contributed by atoms with van der Waals surface area (Å²) in [6.45, 7) is 10.2. The van der Waals surface area contributed by atoms with Crippen LogP contribution in [0.15, 0.2) is 12.3 Å². The molecule has 0 fully saturated rings. The molecule has 0 saturated heterocycles. The topological polar surface area (TPSA) is 29.9 Å². The van der Waals surface area contributed by atoms with Gasteiger partial charge in [-0.1, -0.05) is 27.7 Å². The molecule has 0 saturated carbocycles. The highest BCUT2D eigenvalue weighted by atomic mass is 15.2. The Kier molecular flexibility index (Phi) is 5.19. The largest absolute Gasteiger partial charge is 0.314 e.